The van der Waals surface area contributed by atoms with Gasteiger partial charge in [-0.05, 0) is 42.8 Å². The van der Waals surface area contributed by atoms with Crippen molar-refractivity contribution < 1.29 is 14.3 Å². The van der Waals surface area contributed by atoms with Crippen LogP contribution in [0, 0.1) is 0 Å². The summed E-state index contributed by atoms with van der Waals surface area (Å²) in [5.41, 5.74) is 3.41. The molecule has 0 bridgehead atoms. The molecule has 3 N–H and O–H groups in total. The van der Waals surface area contributed by atoms with E-state index in [9.17, 15) is 9.59 Å². The van der Waals surface area contributed by atoms with Crippen LogP contribution in [0.1, 0.15) is 121 Å². The second-order valence-corrected chi connectivity index (χ2v) is 13.3. The molecule has 0 aliphatic rings. The Bertz CT molecular complexity index is 1550. The van der Waals surface area contributed by atoms with E-state index in [1.165, 1.54) is 64.2 Å². The van der Waals surface area contributed by atoms with Gasteiger partial charge in [-0.2, -0.15) is 4.63 Å². The molecule has 2 aromatic heterocycles. The second-order valence-electron chi connectivity index (χ2n) is 12.9. The number of anilines is 2. The van der Waals surface area contributed by atoms with E-state index < -0.39 is 6.09 Å². The molecule has 4 aromatic rings. The number of aromatic nitrogens is 4. The number of hydrogen-bond acceptors (Lipinski definition) is 5. The SMILES string of the molecule is CCCCCCCCCCCCCCOC(=O)Nc1ccc(C(=O)Nc2ccccc2-c2nc3c(Cl)c(C(C)(C)C)[nH]n3n2)cc1. The van der Waals surface area contributed by atoms with Crippen molar-refractivity contribution in [3.05, 3.63) is 64.8 Å². The smallest absolute Gasteiger partial charge is 0.411 e. The van der Waals surface area contributed by atoms with Gasteiger partial charge in [0.25, 0.3) is 5.91 Å². The number of ether oxygens (including phenoxy) is 1. The van der Waals surface area contributed by atoms with Crippen LogP contribution in [-0.2, 0) is 10.2 Å². The maximum atomic E-state index is 13.1. The first-order chi connectivity index (χ1) is 22.2. The molecule has 9 nitrogen and oxygen atoms in total. The second kappa shape index (κ2) is 17.2. The van der Waals surface area contributed by atoms with Crippen LogP contribution >= 0.6 is 11.6 Å². The molecule has 0 saturated heterocycles. The van der Waals surface area contributed by atoms with E-state index >= 15 is 0 Å². The van der Waals surface area contributed by atoms with E-state index in [0.29, 0.717) is 45.6 Å². The Kier molecular flexibility index (Phi) is 13.1. The third-order valence-electron chi connectivity index (χ3n) is 8.03. The van der Waals surface area contributed by atoms with Crippen LogP contribution in [0.3, 0.4) is 0 Å². The quantitative estimate of drug-likeness (QED) is 0.0986. The highest BCUT2D eigenvalue weighted by Gasteiger charge is 2.25. The van der Waals surface area contributed by atoms with Gasteiger partial charge in [0, 0.05) is 22.2 Å². The molecule has 0 fully saturated rings. The summed E-state index contributed by atoms with van der Waals surface area (Å²) in [6, 6.07) is 14.0. The number of H-pyrrole nitrogens is 1. The molecule has 10 heteroatoms. The molecule has 2 amide bonds. The molecule has 46 heavy (non-hydrogen) atoms. The van der Waals surface area contributed by atoms with Crippen molar-refractivity contribution >= 4 is 40.6 Å². The number of amides is 2. The lowest BCUT2D eigenvalue weighted by molar-refractivity contribution is 0.102. The topological polar surface area (TPSA) is 113 Å². The maximum absolute atomic E-state index is 13.1. The number of fused-ring (bicyclic) bond motifs is 1. The van der Waals surface area contributed by atoms with Crippen molar-refractivity contribution in [3.63, 3.8) is 0 Å². The van der Waals surface area contributed by atoms with Crippen LogP contribution in [-0.4, -0.2) is 38.4 Å². The highest BCUT2D eigenvalue weighted by molar-refractivity contribution is 6.34. The first-order valence-corrected chi connectivity index (χ1v) is 17.1. The van der Waals surface area contributed by atoms with Crippen molar-refractivity contribution in [1.29, 1.82) is 0 Å². The molecule has 0 saturated carbocycles. The van der Waals surface area contributed by atoms with E-state index in [1.54, 1.807) is 35.0 Å². The lowest BCUT2D eigenvalue weighted by Gasteiger charge is -2.16. The fourth-order valence-corrected chi connectivity index (χ4v) is 5.81. The first kappa shape index (κ1) is 35.0. The van der Waals surface area contributed by atoms with Gasteiger partial charge in [-0.3, -0.25) is 15.2 Å². The maximum Gasteiger partial charge on any atom is 0.411 e. The predicted molar refractivity (Wildman–Crippen MR) is 187 cm³/mol. The number of rotatable bonds is 17. The zero-order valence-electron chi connectivity index (χ0n) is 27.8. The Labute approximate surface area is 277 Å². The molecular weight excluding hydrogens is 600 g/mol. The summed E-state index contributed by atoms with van der Waals surface area (Å²) in [6.45, 7) is 8.83. The van der Waals surface area contributed by atoms with E-state index in [4.69, 9.17) is 16.3 Å². The largest absolute Gasteiger partial charge is 0.449 e. The van der Waals surface area contributed by atoms with Gasteiger partial charge in [0.15, 0.2) is 11.5 Å². The number of nitrogens with zero attached hydrogens (tertiary/aromatic N) is 3. The van der Waals surface area contributed by atoms with Crippen LogP contribution < -0.4 is 10.6 Å². The summed E-state index contributed by atoms with van der Waals surface area (Å²) >= 11 is 6.61. The van der Waals surface area contributed by atoms with E-state index in [1.807, 2.05) is 18.2 Å². The standard InChI is InChI=1S/C36H49ClN6O3/c1-5-6-7-8-9-10-11-12-13-14-15-18-25-46-35(45)38-27-23-21-26(22-24-27)34(44)39-29-20-17-16-19-28(29)32-40-33-30(37)31(36(2,3)4)41-43(33)42-32/h16-17,19-24,41H,5-15,18,25H2,1-4H3,(H,38,45)(H,39,44). The number of nitrogens with one attached hydrogen (secondary N) is 3. The van der Waals surface area contributed by atoms with Gasteiger partial charge in [-0.25, -0.2) is 9.78 Å². The zero-order valence-corrected chi connectivity index (χ0v) is 28.5. The monoisotopic (exact) mass is 648 g/mol. The average Bonchev–Trinajstić information content (AvgIpc) is 3.59. The number of para-hydroxylation sites is 1. The molecule has 2 aromatic carbocycles. The number of benzene rings is 2. The molecule has 0 spiro atoms. The van der Waals surface area contributed by atoms with Crippen LogP contribution in [0.25, 0.3) is 17.0 Å². The van der Waals surface area contributed by atoms with Crippen molar-refractivity contribution in [2.45, 2.75) is 110 Å². The summed E-state index contributed by atoms with van der Waals surface area (Å²) in [5.74, 6) is 0.137. The van der Waals surface area contributed by atoms with Gasteiger partial charge in [-0.1, -0.05) is 122 Å². The van der Waals surface area contributed by atoms with E-state index in [0.717, 1.165) is 18.5 Å². The van der Waals surface area contributed by atoms with Crippen molar-refractivity contribution in [3.8, 4) is 11.4 Å². The lowest BCUT2D eigenvalue weighted by atomic mass is 9.92. The van der Waals surface area contributed by atoms with E-state index in [2.05, 4.69) is 53.5 Å². The molecule has 0 aliphatic carbocycles. The fraction of sp³-hybridized carbons (Fsp3) is 0.500. The Morgan fingerprint density at radius 2 is 1.46 bits per heavy atom. The Morgan fingerprint density at radius 1 is 0.848 bits per heavy atom. The van der Waals surface area contributed by atoms with Crippen LogP contribution in [0.15, 0.2) is 48.5 Å². The molecule has 0 unspecified atom stereocenters. The molecule has 4 rings (SSSR count). The van der Waals surface area contributed by atoms with Gasteiger partial charge in [0.2, 0.25) is 0 Å². The third-order valence-corrected chi connectivity index (χ3v) is 8.39. The number of unbranched alkanes of at least 4 members (excludes halogenated alkanes) is 11. The summed E-state index contributed by atoms with van der Waals surface area (Å²) in [5, 5.41) is 14.0. The first-order valence-electron chi connectivity index (χ1n) is 16.8. The highest BCUT2D eigenvalue weighted by atomic mass is 35.5. The third kappa shape index (κ3) is 10.1. The Morgan fingerprint density at radius 3 is 2.07 bits per heavy atom. The highest BCUT2D eigenvalue weighted by Crippen LogP contribution is 2.33. The molecular formula is C36H49ClN6O3. The summed E-state index contributed by atoms with van der Waals surface area (Å²) in [6.07, 6.45) is 14.6. The van der Waals surface area contributed by atoms with Gasteiger partial charge in [0.05, 0.1) is 18.0 Å². The molecule has 0 radical (unpaired) electrons. The molecule has 2 heterocycles. The van der Waals surface area contributed by atoms with Crippen molar-refractivity contribution in [1.82, 2.24) is 19.8 Å². The Hall–Kier alpha value is -3.85. The van der Waals surface area contributed by atoms with Gasteiger partial charge >= 0.3 is 6.09 Å². The van der Waals surface area contributed by atoms with Crippen LogP contribution in [0.5, 0.6) is 0 Å². The average molecular weight is 649 g/mol. The zero-order chi connectivity index (χ0) is 32.9. The number of halogens is 1. The van der Waals surface area contributed by atoms with Crippen molar-refractivity contribution in [2.24, 2.45) is 0 Å². The molecule has 0 aliphatic heterocycles. The van der Waals surface area contributed by atoms with Gasteiger partial charge in [0.1, 0.15) is 5.02 Å². The van der Waals surface area contributed by atoms with E-state index in [-0.39, 0.29) is 11.3 Å². The lowest BCUT2D eigenvalue weighted by Crippen LogP contribution is -2.15. The summed E-state index contributed by atoms with van der Waals surface area (Å²) in [7, 11) is 0. The normalized spacial score (nSPS) is 11.6. The minimum atomic E-state index is -0.493. The summed E-state index contributed by atoms with van der Waals surface area (Å²) < 4.78 is 6.90. The molecule has 0 atom stereocenters. The van der Waals surface area contributed by atoms with Gasteiger partial charge in [-0.15, -0.1) is 5.10 Å². The minimum Gasteiger partial charge on any atom is -0.449 e. The van der Waals surface area contributed by atoms with Crippen LogP contribution in [0.4, 0.5) is 16.2 Å². The van der Waals surface area contributed by atoms with Gasteiger partial charge < -0.3 is 10.1 Å². The molecule has 248 valence electrons. The summed E-state index contributed by atoms with van der Waals surface area (Å²) in [4.78, 5) is 30.0. The number of aromatic amines is 1. The fourth-order valence-electron chi connectivity index (χ4n) is 5.36. The number of carbonyl (C=O) groups excluding carboxylic acids is 2. The van der Waals surface area contributed by atoms with Crippen molar-refractivity contribution in [2.75, 3.05) is 17.2 Å². The Balaban J connectivity index is 1.19. The number of carbonyl (C=O) groups is 2. The number of hydrogen-bond donors (Lipinski definition) is 3. The van der Waals surface area contributed by atoms with Crippen LogP contribution in [0.2, 0.25) is 5.02 Å². The predicted octanol–water partition coefficient (Wildman–Crippen LogP) is 10.2. The minimum absolute atomic E-state index is 0.192.